The Morgan fingerprint density at radius 3 is 2.38 bits per heavy atom. The van der Waals surface area contributed by atoms with E-state index in [2.05, 4.69) is 81.5 Å². The van der Waals surface area contributed by atoms with Gasteiger partial charge in [0.05, 0.1) is 0 Å². The highest BCUT2D eigenvalue weighted by Crippen LogP contribution is 2.24. The average molecular weight is 555 g/mol. The quantitative estimate of drug-likeness (QED) is 0.233. The van der Waals surface area contributed by atoms with Gasteiger partial charge in [0, 0.05) is 53.4 Å². The van der Waals surface area contributed by atoms with Crippen LogP contribution in [-0.4, -0.2) is 54.9 Å². The first-order valence-electron chi connectivity index (χ1n) is 9.11. The third-order valence-corrected chi connectivity index (χ3v) is 6.17. The van der Waals surface area contributed by atoms with Gasteiger partial charge in [0.2, 0.25) is 0 Å². The van der Waals surface area contributed by atoms with Gasteiger partial charge in [-0.25, -0.2) is 0 Å². The van der Waals surface area contributed by atoms with E-state index in [1.807, 2.05) is 18.8 Å². The van der Waals surface area contributed by atoms with Crippen LogP contribution in [0.5, 0.6) is 0 Å². The van der Waals surface area contributed by atoms with Gasteiger partial charge >= 0.3 is 0 Å². The maximum Gasteiger partial charge on any atom is 0.191 e. The molecule has 0 radical (unpaired) electrons. The number of hydrogen-bond donors (Lipinski definition) is 2. The minimum atomic E-state index is 0. The lowest BCUT2D eigenvalue weighted by Crippen LogP contribution is -2.50. The van der Waals surface area contributed by atoms with Crippen LogP contribution in [0.25, 0.3) is 0 Å². The zero-order valence-electron chi connectivity index (χ0n) is 16.2. The van der Waals surface area contributed by atoms with Gasteiger partial charge in [0.1, 0.15) is 0 Å². The Labute approximate surface area is 188 Å². The second-order valence-electron chi connectivity index (χ2n) is 6.88. The standard InChI is InChI=1S/C19H31BrN4S.HI/c1-14(2)24-11-9-17(10-12-24)23-19(21-4)22-13-15(3)25-18-7-5-16(20)6-8-18;/h5-8,14-15,17H,9-13H2,1-4H3,(H2,21,22,23);1H. The van der Waals surface area contributed by atoms with Crippen LogP contribution >= 0.6 is 51.7 Å². The van der Waals surface area contributed by atoms with Crippen molar-refractivity contribution >= 4 is 57.6 Å². The molecule has 1 aromatic rings. The first-order chi connectivity index (χ1) is 12.0. The van der Waals surface area contributed by atoms with E-state index in [0.29, 0.717) is 17.3 Å². The summed E-state index contributed by atoms with van der Waals surface area (Å²) in [5.41, 5.74) is 0. The molecule has 0 amide bonds. The van der Waals surface area contributed by atoms with Crippen molar-refractivity contribution in [2.75, 3.05) is 26.7 Å². The van der Waals surface area contributed by atoms with Gasteiger partial charge < -0.3 is 15.5 Å². The maximum atomic E-state index is 4.39. The highest BCUT2D eigenvalue weighted by Gasteiger charge is 2.21. The van der Waals surface area contributed by atoms with Crippen molar-refractivity contribution < 1.29 is 0 Å². The molecule has 0 aromatic heterocycles. The van der Waals surface area contributed by atoms with E-state index in [1.54, 1.807) is 0 Å². The highest BCUT2D eigenvalue weighted by molar-refractivity contribution is 14.0. The first-order valence-corrected chi connectivity index (χ1v) is 10.8. The number of rotatable bonds is 6. The molecular weight excluding hydrogens is 523 g/mol. The van der Waals surface area contributed by atoms with Crippen LogP contribution in [-0.2, 0) is 0 Å². The third kappa shape index (κ3) is 8.35. The Morgan fingerprint density at radius 1 is 1.23 bits per heavy atom. The Kier molecular flexibility index (Phi) is 11.5. The molecule has 148 valence electrons. The van der Waals surface area contributed by atoms with Crippen LogP contribution in [0, 0.1) is 0 Å². The SMILES string of the molecule is CN=C(NCC(C)Sc1ccc(Br)cc1)NC1CCN(C(C)C)CC1.I. The number of nitrogens with zero attached hydrogens (tertiary/aromatic N) is 2. The van der Waals surface area contributed by atoms with E-state index in [-0.39, 0.29) is 24.0 Å². The maximum absolute atomic E-state index is 4.39. The molecule has 1 fully saturated rings. The molecule has 1 aliphatic rings. The lowest BCUT2D eigenvalue weighted by molar-refractivity contribution is 0.167. The van der Waals surface area contributed by atoms with E-state index >= 15 is 0 Å². The molecule has 7 heteroatoms. The van der Waals surface area contributed by atoms with Gasteiger partial charge in [0.15, 0.2) is 5.96 Å². The normalized spacial score (nSPS) is 17.7. The molecule has 0 saturated carbocycles. The van der Waals surface area contributed by atoms with Crippen molar-refractivity contribution in [1.29, 1.82) is 0 Å². The molecule has 4 nitrogen and oxygen atoms in total. The molecule has 1 heterocycles. The Morgan fingerprint density at radius 2 is 1.85 bits per heavy atom. The topological polar surface area (TPSA) is 39.7 Å². The number of hydrogen-bond acceptors (Lipinski definition) is 3. The van der Waals surface area contributed by atoms with E-state index in [0.717, 1.165) is 17.0 Å². The lowest BCUT2D eigenvalue weighted by Gasteiger charge is -2.35. The minimum Gasteiger partial charge on any atom is -0.355 e. The van der Waals surface area contributed by atoms with Crippen molar-refractivity contribution in [3.05, 3.63) is 28.7 Å². The van der Waals surface area contributed by atoms with Crippen LogP contribution in [0.15, 0.2) is 38.6 Å². The van der Waals surface area contributed by atoms with Crippen molar-refractivity contribution in [1.82, 2.24) is 15.5 Å². The number of piperidine rings is 1. The van der Waals surface area contributed by atoms with Crippen LogP contribution in [0.4, 0.5) is 0 Å². The van der Waals surface area contributed by atoms with Gasteiger partial charge in [-0.2, -0.15) is 0 Å². The van der Waals surface area contributed by atoms with Gasteiger partial charge in [-0.1, -0.05) is 22.9 Å². The van der Waals surface area contributed by atoms with Crippen molar-refractivity contribution in [2.24, 2.45) is 4.99 Å². The summed E-state index contributed by atoms with van der Waals surface area (Å²) in [7, 11) is 1.85. The fraction of sp³-hybridized carbons (Fsp3) is 0.632. The lowest BCUT2D eigenvalue weighted by atomic mass is 10.0. The molecule has 0 spiro atoms. The number of aliphatic imine (C=N–C) groups is 1. The molecule has 1 aliphatic heterocycles. The molecular formula is C19H32BrIN4S. The number of likely N-dealkylation sites (tertiary alicyclic amines) is 1. The number of guanidine groups is 1. The van der Waals surface area contributed by atoms with Gasteiger partial charge in [-0.05, 0) is 51.0 Å². The molecule has 2 N–H and O–H groups in total. The second kappa shape index (κ2) is 12.5. The van der Waals surface area contributed by atoms with Crippen molar-refractivity contribution in [2.45, 2.75) is 55.8 Å². The predicted molar refractivity (Wildman–Crippen MR) is 129 cm³/mol. The summed E-state index contributed by atoms with van der Waals surface area (Å²) in [6, 6.07) is 9.66. The fourth-order valence-corrected chi connectivity index (χ4v) is 4.16. The van der Waals surface area contributed by atoms with Crippen molar-refractivity contribution in [3.8, 4) is 0 Å². The Hall–Kier alpha value is 0.01000. The van der Waals surface area contributed by atoms with Gasteiger partial charge in [-0.3, -0.25) is 4.99 Å². The Balaban J connectivity index is 0.00000338. The molecule has 2 rings (SSSR count). The molecule has 26 heavy (non-hydrogen) atoms. The fourth-order valence-electron chi connectivity index (χ4n) is 2.98. The summed E-state index contributed by atoms with van der Waals surface area (Å²) >= 11 is 5.36. The largest absolute Gasteiger partial charge is 0.355 e. The summed E-state index contributed by atoms with van der Waals surface area (Å²) < 4.78 is 1.12. The number of halogens is 2. The summed E-state index contributed by atoms with van der Waals surface area (Å²) in [4.78, 5) is 8.23. The van der Waals surface area contributed by atoms with E-state index < -0.39 is 0 Å². The minimum absolute atomic E-state index is 0. The van der Waals surface area contributed by atoms with E-state index in [1.165, 1.54) is 30.8 Å². The number of benzene rings is 1. The zero-order chi connectivity index (χ0) is 18.2. The van der Waals surface area contributed by atoms with E-state index in [9.17, 15) is 0 Å². The van der Waals surface area contributed by atoms with Crippen LogP contribution < -0.4 is 10.6 Å². The van der Waals surface area contributed by atoms with Crippen molar-refractivity contribution in [3.63, 3.8) is 0 Å². The van der Waals surface area contributed by atoms with Crippen LogP contribution in [0.3, 0.4) is 0 Å². The predicted octanol–water partition coefficient (Wildman–Crippen LogP) is 4.59. The number of nitrogens with one attached hydrogen (secondary N) is 2. The summed E-state index contributed by atoms with van der Waals surface area (Å²) in [6.45, 7) is 10.0. The summed E-state index contributed by atoms with van der Waals surface area (Å²) in [5, 5.41) is 7.54. The number of thioether (sulfide) groups is 1. The van der Waals surface area contributed by atoms with Crippen LogP contribution in [0.1, 0.15) is 33.6 Å². The second-order valence-corrected chi connectivity index (χ2v) is 9.31. The summed E-state index contributed by atoms with van der Waals surface area (Å²) in [5.74, 6) is 0.922. The zero-order valence-corrected chi connectivity index (χ0v) is 20.9. The van der Waals surface area contributed by atoms with Gasteiger partial charge in [0.25, 0.3) is 0 Å². The van der Waals surface area contributed by atoms with E-state index in [4.69, 9.17) is 0 Å². The molecule has 1 unspecified atom stereocenters. The molecule has 1 aromatic carbocycles. The molecule has 1 atom stereocenters. The highest BCUT2D eigenvalue weighted by atomic mass is 127. The average Bonchev–Trinajstić information content (AvgIpc) is 2.61. The Bertz CT molecular complexity index is 545. The third-order valence-electron chi connectivity index (χ3n) is 4.53. The smallest absolute Gasteiger partial charge is 0.191 e. The first kappa shape index (κ1) is 24.0. The monoisotopic (exact) mass is 554 g/mol. The molecule has 1 saturated heterocycles. The molecule has 0 bridgehead atoms. The van der Waals surface area contributed by atoms with Crippen LogP contribution in [0.2, 0.25) is 0 Å². The molecule has 0 aliphatic carbocycles. The van der Waals surface area contributed by atoms with Gasteiger partial charge in [-0.15, -0.1) is 35.7 Å². The summed E-state index contributed by atoms with van der Waals surface area (Å²) in [6.07, 6.45) is 2.37.